The standard InChI is InChI=1S/C17H22N4O3/c1-4-11(2)23-14-10-13(6-9-18-14)15(22)20-17(7-5-8-17)16-19-12(3)24-21-16/h6,9-11H,4-5,7-8H2,1-3H3,(H,20,22)/t11-/m0/s1. The van der Waals surface area contributed by atoms with E-state index in [1.165, 1.54) is 0 Å². The number of amides is 1. The van der Waals surface area contributed by atoms with Gasteiger partial charge in [0.15, 0.2) is 5.82 Å². The Kier molecular flexibility index (Phi) is 4.51. The quantitative estimate of drug-likeness (QED) is 0.876. The van der Waals surface area contributed by atoms with E-state index in [4.69, 9.17) is 9.26 Å². The molecule has 1 N–H and O–H groups in total. The van der Waals surface area contributed by atoms with Gasteiger partial charge in [0.2, 0.25) is 11.8 Å². The normalized spacial score (nSPS) is 17.0. The van der Waals surface area contributed by atoms with Crippen molar-refractivity contribution in [1.29, 1.82) is 0 Å². The van der Waals surface area contributed by atoms with E-state index in [1.54, 1.807) is 25.3 Å². The van der Waals surface area contributed by atoms with Crippen molar-refractivity contribution in [3.63, 3.8) is 0 Å². The Morgan fingerprint density at radius 1 is 1.50 bits per heavy atom. The average molecular weight is 330 g/mol. The lowest BCUT2D eigenvalue weighted by molar-refractivity contribution is 0.0803. The largest absolute Gasteiger partial charge is 0.475 e. The number of aryl methyl sites for hydroxylation is 1. The highest BCUT2D eigenvalue weighted by Crippen LogP contribution is 2.40. The van der Waals surface area contributed by atoms with Crippen LogP contribution < -0.4 is 10.1 Å². The van der Waals surface area contributed by atoms with Crippen LogP contribution in [0.2, 0.25) is 0 Å². The second-order valence-corrected chi connectivity index (χ2v) is 6.25. The minimum Gasteiger partial charge on any atom is -0.475 e. The van der Waals surface area contributed by atoms with Gasteiger partial charge in [0.1, 0.15) is 5.54 Å². The van der Waals surface area contributed by atoms with Gasteiger partial charge in [0.25, 0.3) is 5.91 Å². The molecule has 0 spiro atoms. The van der Waals surface area contributed by atoms with Crippen LogP contribution in [0, 0.1) is 6.92 Å². The van der Waals surface area contributed by atoms with Gasteiger partial charge in [-0.2, -0.15) is 4.98 Å². The van der Waals surface area contributed by atoms with Crippen LogP contribution in [0.5, 0.6) is 5.88 Å². The van der Waals surface area contributed by atoms with Crippen LogP contribution >= 0.6 is 0 Å². The number of nitrogens with zero attached hydrogens (tertiary/aromatic N) is 3. The summed E-state index contributed by atoms with van der Waals surface area (Å²) in [5, 5.41) is 7.05. The monoisotopic (exact) mass is 330 g/mol. The summed E-state index contributed by atoms with van der Waals surface area (Å²) in [6.07, 6.45) is 5.14. The highest BCUT2D eigenvalue weighted by molar-refractivity contribution is 5.95. The van der Waals surface area contributed by atoms with E-state index in [0.29, 0.717) is 23.2 Å². The number of hydrogen-bond acceptors (Lipinski definition) is 6. The zero-order chi connectivity index (χ0) is 17.2. The van der Waals surface area contributed by atoms with Crippen LogP contribution in [-0.4, -0.2) is 27.1 Å². The summed E-state index contributed by atoms with van der Waals surface area (Å²) in [6, 6.07) is 3.34. The number of pyridine rings is 1. The van der Waals surface area contributed by atoms with Crippen LogP contribution in [0.15, 0.2) is 22.9 Å². The molecule has 0 unspecified atom stereocenters. The molecule has 0 aromatic carbocycles. The van der Waals surface area contributed by atoms with Crippen LogP contribution in [0.3, 0.4) is 0 Å². The Morgan fingerprint density at radius 3 is 2.88 bits per heavy atom. The Labute approximate surface area is 140 Å². The zero-order valence-corrected chi connectivity index (χ0v) is 14.2. The minimum atomic E-state index is -0.532. The van der Waals surface area contributed by atoms with Crippen LogP contribution in [0.4, 0.5) is 0 Å². The first-order valence-corrected chi connectivity index (χ1v) is 8.28. The molecular weight excluding hydrogens is 308 g/mol. The fourth-order valence-corrected chi connectivity index (χ4v) is 2.62. The Bertz CT molecular complexity index is 724. The number of ether oxygens (including phenoxy) is 1. The maximum absolute atomic E-state index is 12.7. The smallest absolute Gasteiger partial charge is 0.252 e. The average Bonchev–Trinajstić information content (AvgIpc) is 2.97. The van der Waals surface area contributed by atoms with Crippen LogP contribution in [0.25, 0.3) is 0 Å². The third-order valence-electron chi connectivity index (χ3n) is 4.41. The summed E-state index contributed by atoms with van der Waals surface area (Å²) in [7, 11) is 0. The first-order chi connectivity index (χ1) is 11.5. The van der Waals surface area contributed by atoms with Gasteiger partial charge in [-0.05, 0) is 38.7 Å². The SMILES string of the molecule is CC[C@H](C)Oc1cc(C(=O)NC2(c3noc(C)n3)CCC2)ccn1. The van der Waals surface area contributed by atoms with Gasteiger partial charge in [-0.25, -0.2) is 4.98 Å². The van der Waals surface area contributed by atoms with Gasteiger partial charge in [-0.1, -0.05) is 12.1 Å². The molecule has 1 aliphatic carbocycles. The van der Waals surface area contributed by atoms with Crippen molar-refractivity contribution in [2.24, 2.45) is 0 Å². The molecule has 0 saturated heterocycles. The molecule has 1 amide bonds. The predicted octanol–water partition coefficient (Wildman–Crippen LogP) is 2.76. The molecule has 7 nitrogen and oxygen atoms in total. The van der Waals surface area contributed by atoms with Crippen LogP contribution in [-0.2, 0) is 5.54 Å². The molecule has 1 fully saturated rings. The fraction of sp³-hybridized carbons (Fsp3) is 0.529. The predicted molar refractivity (Wildman–Crippen MR) is 86.6 cm³/mol. The lowest BCUT2D eigenvalue weighted by Crippen LogP contribution is -2.51. The van der Waals surface area contributed by atoms with E-state index in [0.717, 1.165) is 25.7 Å². The van der Waals surface area contributed by atoms with Crippen molar-refractivity contribution in [2.75, 3.05) is 0 Å². The Hall–Kier alpha value is -2.44. The fourth-order valence-electron chi connectivity index (χ4n) is 2.62. The lowest BCUT2D eigenvalue weighted by Gasteiger charge is -2.39. The molecule has 1 aliphatic rings. The molecule has 2 heterocycles. The first kappa shape index (κ1) is 16.4. The molecule has 2 aromatic heterocycles. The van der Waals surface area contributed by atoms with Crippen molar-refractivity contribution >= 4 is 5.91 Å². The zero-order valence-electron chi connectivity index (χ0n) is 14.2. The summed E-state index contributed by atoms with van der Waals surface area (Å²) in [5.41, 5.74) is -0.0228. The van der Waals surface area contributed by atoms with Crippen molar-refractivity contribution < 1.29 is 14.1 Å². The van der Waals surface area contributed by atoms with E-state index in [9.17, 15) is 4.79 Å². The number of aromatic nitrogens is 3. The van der Waals surface area contributed by atoms with E-state index in [2.05, 4.69) is 20.4 Å². The molecular formula is C17H22N4O3. The minimum absolute atomic E-state index is 0.0519. The second kappa shape index (κ2) is 6.59. The highest BCUT2D eigenvalue weighted by atomic mass is 16.5. The molecule has 3 rings (SSSR count). The molecule has 0 aliphatic heterocycles. The highest BCUT2D eigenvalue weighted by Gasteiger charge is 2.44. The number of rotatable bonds is 6. The summed E-state index contributed by atoms with van der Waals surface area (Å²) < 4.78 is 10.7. The van der Waals surface area contributed by atoms with E-state index in [1.807, 2.05) is 13.8 Å². The molecule has 0 radical (unpaired) electrons. The summed E-state index contributed by atoms with van der Waals surface area (Å²) in [5.74, 6) is 1.31. The van der Waals surface area contributed by atoms with E-state index in [-0.39, 0.29) is 12.0 Å². The first-order valence-electron chi connectivity index (χ1n) is 8.28. The van der Waals surface area contributed by atoms with Crippen molar-refractivity contribution in [3.8, 4) is 5.88 Å². The van der Waals surface area contributed by atoms with Gasteiger partial charge in [0, 0.05) is 24.8 Å². The number of nitrogens with one attached hydrogen (secondary N) is 1. The molecule has 0 bridgehead atoms. The van der Waals surface area contributed by atoms with Crippen molar-refractivity contribution in [2.45, 2.75) is 58.1 Å². The summed E-state index contributed by atoms with van der Waals surface area (Å²) in [4.78, 5) is 21.1. The maximum Gasteiger partial charge on any atom is 0.252 e. The van der Waals surface area contributed by atoms with Gasteiger partial charge in [-0.15, -0.1) is 0 Å². The molecule has 1 saturated carbocycles. The van der Waals surface area contributed by atoms with Crippen LogP contribution in [0.1, 0.15) is 61.6 Å². The molecule has 7 heteroatoms. The molecule has 24 heavy (non-hydrogen) atoms. The third-order valence-corrected chi connectivity index (χ3v) is 4.41. The van der Waals surface area contributed by atoms with Crippen molar-refractivity contribution in [3.05, 3.63) is 35.6 Å². The second-order valence-electron chi connectivity index (χ2n) is 6.25. The molecule has 2 aromatic rings. The topological polar surface area (TPSA) is 90.1 Å². The summed E-state index contributed by atoms with van der Waals surface area (Å²) >= 11 is 0. The van der Waals surface area contributed by atoms with E-state index >= 15 is 0 Å². The van der Waals surface area contributed by atoms with Gasteiger partial charge in [-0.3, -0.25) is 4.79 Å². The molecule has 128 valence electrons. The van der Waals surface area contributed by atoms with Gasteiger partial charge in [0.05, 0.1) is 6.10 Å². The lowest BCUT2D eigenvalue weighted by atomic mass is 9.76. The van der Waals surface area contributed by atoms with Gasteiger partial charge < -0.3 is 14.6 Å². The third kappa shape index (κ3) is 3.25. The van der Waals surface area contributed by atoms with Gasteiger partial charge >= 0.3 is 0 Å². The Balaban J connectivity index is 1.76. The number of carbonyl (C=O) groups is 1. The maximum atomic E-state index is 12.7. The Morgan fingerprint density at radius 2 is 2.29 bits per heavy atom. The number of hydrogen-bond donors (Lipinski definition) is 1. The van der Waals surface area contributed by atoms with E-state index < -0.39 is 5.54 Å². The number of carbonyl (C=O) groups excluding carboxylic acids is 1. The van der Waals surface area contributed by atoms with Crippen molar-refractivity contribution in [1.82, 2.24) is 20.4 Å². The summed E-state index contributed by atoms with van der Waals surface area (Å²) in [6.45, 7) is 5.75. The molecule has 1 atom stereocenters.